The third-order valence-electron chi connectivity index (χ3n) is 6.10. The van der Waals surface area contributed by atoms with Crippen LogP contribution in [0.5, 0.6) is 0 Å². The van der Waals surface area contributed by atoms with E-state index in [4.69, 9.17) is 4.74 Å². The lowest BCUT2D eigenvalue weighted by Crippen LogP contribution is -2.57. The first kappa shape index (κ1) is 12.0. The van der Waals surface area contributed by atoms with Crippen molar-refractivity contribution in [3.8, 4) is 0 Å². The van der Waals surface area contributed by atoms with Gasteiger partial charge in [0.15, 0.2) is 0 Å². The fourth-order valence-corrected chi connectivity index (χ4v) is 4.85. The number of hydrogen-bond donors (Lipinski definition) is 1. The standard InChI is InChI=1S/C15H27NO/c1-14(2)10-5-6-15(3,9-10)13(14)16-11-7-12(8-11)17-4/h10-13,16H,5-9H2,1-4H3/t10-,11?,12?,13?,15+/m0/s1. The Morgan fingerprint density at radius 2 is 1.88 bits per heavy atom. The summed E-state index contributed by atoms with van der Waals surface area (Å²) in [6, 6.07) is 1.43. The lowest BCUT2D eigenvalue weighted by molar-refractivity contribution is -0.00339. The highest BCUT2D eigenvalue weighted by molar-refractivity contribution is 5.13. The van der Waals surface area contributed by atoms with Gasteiger partial charge in [-0.2, -0.15) is 0 Å². The van der Waals surface area contributed by atoms with Gasteiger partial charge in [-0.25, -0.2) is 0 Å². The summed E-state index contributed by atoms with van der Waals surface area (Å²) in [6.07, 6.45) is 7.26. The van der Waals surface area contributed by atoms with Crippen molar-refractivity contribution in [3.05, 3.63) is 0 Å². The highest BCUT2D eigenvalue weighted by Gasteiger charge is 2.59. The molecule has 0 heterocycles. The molecule has 0 saturated heterocycles. The second-order valence-corrected chi connectivity index (χ2v) is 7.54. The van der Waals surface area contributed by atoms with E-state index in [1.54, 1.807) is 0 Å². The average Bonchev–Trinajstić information content (AvgIpc) is 2.66. The number of rotatable bonds is 3. The van der Waals surface area contributed by atoms with Crippen LogP contribution in [0.3, 0.4) is 0 Å². The zero-order valence-electron chi connectivity index (χ0n) is 11.8. The third-order valence-corrected chi connectivity index (χ3v) is 6.10. The van der Waals surface area contributed by atoms with E-state index in [0.717, 1.165) is 12.0 Å². The lowest BCUT2D eigenvalue weighted by atomic mass is 9.67. The van der Waals surface area contributed by atoms with Crippen molar-refractivity contribution >= 4 is 0 Å². The molecule has 0 amide bonds. The number of methoxy groups -OCH3 is 1. The molecule has 0 spiro atoms. The highest BCUT2D eigenvalue weighted by Crippen LogP contribution is 2.62. The van der Waals surface area contributed by atoms with Gasteiger partial charge in [0.25, 0.3) is 0 Å². The van der Waals surface area contributed by atoms with Gasteiger partial charge in [-0.15, -0.1) is 0 Å². The van der Waals surface area contributed by atoms with Crippen LogP contribution < -0.4 is 5.32 Å². The normalized spacial score (nSPS) is 51.5. The van der Waals surface area contributed by atoms with Gasteiger partial charge in [0, 0.05) is 19.2 Å². The molecule has 2 nitrogen and oxygen atoms in total. The van der Waals surface area contributed by atoms with E-state index < -0.39 is 0 Å². The zero-order chi connectivity index (χ0) is 12.3. The van der Waals surface area contributed by atoms with Crippen molar-refractivity contribution in [2.45, 2.75) is 71.1 Å². The van der Waals surface area contributed by atoms with Crippen molar-refractivity contribution in [3.63, 3.8) is 0 Å². The van der Waals surface area contributed by atoms with E-state index in [0.29, 0.717) is 23.0 Å². The topological polar surface area (TPSA) is 21.3 Å². The quantitative estimate of drug-likeness (QED) is 0.815. The maximum absolute atomic E-state index is 5.38. The summed E-state index contributed by atoms with van der Waals surface area (Å²) in [4.78, 5) is 0. The molecule has 3 aliphatic rings. The van der Waals surface area contributed by atoms with Crippen LogP contribution in [0, 0.1) is 16.7 Å². The Kier molecular flexibility index (Phi) is 2.61. The van der Waals surface area contributed by atoms with Crippen LogP contribution in [0.15, 0.2) is 0 Å². The Labute approximate surface area is 105 Å². The monoisotopic (exact) mass is 237 g/mol. The van der Waals surface area contributed by atoms with Crippen molar-refractivity contribution in [1.82, 2.24) is 5.32 Å². The molecule has 98 valence electrons. The Morgan fingerprint density at radius 3 is 2.41 bits per heavy atom. The molecule has 3 aliphatic carbocycles. The molecular weight excluding hydrogens is 210 g/mol. The van der Waals surface area contributed by atoms with Gasteiger partial charge in [-0.1, -0.05) is 20.8 Å². The summed E-state index contributed by atoms with van der Waals surface area (Å²) >= 11 is 0. The summed E-state index contributed by atoms with van der Waals surface area (Å²) in [5.41, 5.74) is 1.05. The highest BCUT2D eigenvalue weighted by atomic mass is 16.5. The predicted molar refractivity (Wildman–Crippen MR) is 70.0 cm³/mol. The first-order chi connectivity index (χ1) is 7.95. The number of ether oxygens (including phenoxy) is 1. The van der Waals surface area contributed by atoms with E-state index >= 15 is 0 Å². The van der Waals surface area contributed by atoms with Gasteiger partial charge in [-0.05, 0) is 48.9 Å². The molecule has 0 radical (unpaired) electrons. The van der Waals surface area contributed by atoms with E-state index in [1.165, 1.54) is 32.1 Å². The molecule has 17 heavy (non-hydrogen) atoms. The van der Waals surface area contributed by atoms with E-state index in [-0.39, 0.29) is 0 Å². The van der Waals surface area contributed by atoms with Gasteiger partial charge in [0.05, 0.1) is 6.10 Å². The lowest BCUT2D eigenvalue weighted by Gasteiger charge is -2.48. The van der Waals surface area contributed by atoms with E-state index in [9.17, 15) is 0 Å². The van der Waals surface area contributed by atoms with Crippen LogP contribution in [-0.4, -0.2) is 25.3 Å². The maximum Gasteiger partial charge on any atom is 0.0601 e. The van der Waals surface area contributed by atoms with Crippen LogP contribution in [-0.2, 0) is 4.74 Å². The molecule has 0 aromatic rings. The van der Waals surface area contributed by atoms with Crippen LogP contribution in [0.2, 0.25) is 0 Å². The molecule has 2 bridgehead atoms. The molecular formula is C15H27NO. The number of hydrogen-bond acceptors (Lipinski definition) is 2. The van der Waals surface area contributed by atoms with Crippen molar-refractivity contribution < 1.29 is 4.74 Å². The zero-order valence-corrected chi connectivity index (χ0v) is 11.8. The van der Waals surface area contributed by atoms with E-state index in [2.05, 4.69) is 26.1 Å². The molecule has 3 atom stereocenters. The number of nitrogens with one attached hydrogen (secondary N) is 1. The fourth-order valence-electron chi connectivity index (χ4n) is 4.85. The Bertz CT molecular complexity index is 303. The average molecular weight is 237 g/mol. The van der Waals surface area contributed by atoms with E-state index in [1.807, 2.05) is 7.11 Å². The molecule has 3 saturated carbocycles. The summed E-state index contributed by atoms with van der Waals surface area (Å²) in [5.74, 6) is 0.947. The van der Waals surface area contributed by atoms with Crippen LogP contribution in [0.4, 0.5) is 0 Å². The molecule has 0 aliphatic heterocycles. The molecule has 1 N–H and O–H groups in total. The van der Waals surface area contributed by atoms with Crippen molar-refractivity contribution in [2.24, 2.45) is 16.7 Å². The molecule has 0 aromatic carbocycles. The summed E-state index contributed by atoms with van der Waals surface area (Å²) < 4.78 is 5.38. The minimum atomic E-state index is 0.491. The van der Waals surface area contributed by atoms with Gasteiger partial charge in [0.1, 0.15) is 0 Å². The largest absolute Gasteiger partial charge is 0.381 e. The minimum absolute atomic E-state index is 0.491. The summed E-state index contributed by atoms with van der Waals surface area (Å²) in [6.45, 7) is 7.46. The molecule has 0 aromatic heterocycles. The predicted octanol–water partition coefficient (Wildman–Crippen LogP) is 2.97. The Morgan fingerprint density at radius 1 is 1.18 bits per heavy atom. The fraction of sp³-hybridized carbons (Fsp3) is 1.00. The van der Waals surface area contributed by atoms with Crippen LogP contribution in [0.25, 0.3) is 0 Å². The molecule has 1 unspecified atom stereocenters. The van der Waals surface area contributed by atoms with Gasteiger partial charge >= 0.3 is 0 Å². The first-order valence-corrected chi connectivity index (χ1v) is 7.24. The van der Waals surface area contributed by atoms with Gasteiger partial charge in [0.2, 0.25) is 0 Å². The SMILES string of the molecule is COC1CC(NC2C(C)(C)[C@H]3CC[C@]2(C)C3)C1. The third kappa shape index (κ3) is 1.67. The maximum atomic E-state index is 5.38. The Hall–Kier alpha value is -0.0800. The van der Waals surface area contributed by atoms with Crippen molar-refractivity contribution in [2.75, 3.05) is 7.11 Å². The minimum Gasteiger partial charge on any atom is -0.381 e. The Balaban J connectivity index is 1.66. The molecule has 3 rings (SSSR count). The van der Waals surface area contributed by atoms with Gasteiger partial charge < -0.3 is 10.1 Å². The smallest absolute Gasteiger partial charge is 0.0601 e. The van der Waals surface area contributed by atoms with Crippen LogP contribution >= 0.6 is 0 Å². The van der Waals surface area contributed by atoms with Crippen molar-refractivity contribution in [1.29, 1.82) is 0 Å². The van der Waals surface area contributed by atoms with Crippen LogP contribution in [0.1, 0.15) is 52.9 Å². The summed E-state index contributed by atoms with van der Waals surface area (Å²) in [5, 5.41) is 3.96. The first-order valence-electron chi connectivity index (χ1n) is 7.24. The number of fused-ring (bicyclic) bond motifs is 2. The molecule has 2 heteroatoms. The second kappa shape index (κ2) is 3.71. The molecule has 3 fully saturated rings. The summed E-state index contributed by atoms with van der Waals surface area (Å²) in [7, 11) is 1.84. The van der Waals surface area contributed by atoms with Gasteiger partial charge in [-0.3, -0.25) is 0 Å². The second-order valence-electron chi connectivity index (χ2n) is 7.54.